The fourth-order valence-electron chi connectivity index (χ4n) is 0.845. The molecule has 0 amide bonds. The largest absolute Gasteiger partial charge is 0.337 e. The molecule has 1 aliphatic carbocycles. The summed E-state index contributed by atoms with van der Waals surface area (Å²) in [5, 5.41) is -0.757. The van der Waals surface area contributed by atoms with Crippen LogP contribution in [0, 0.1) is 0 Å². The number of hydrogen-bond donors (Lipinski definition) is 0. The average molecular weight is 170 g/mol. The molecular weight excluding hydrogens is 162 g/mol. The van der Waals surface area contributed by atoms with Gasteiger partial charge < -0.3 is 0 Å². The van der Waals surface area contributed by atoms with Gasteiger partial charge >= 0.3 is 5.76 Å². The molecule has 60 valence electrons. The number of halogens is 2. The Morgan fingerprint density at radius 2 is 1.80 bits per heavy atom. The summed E-state index contributed by atoms with van der Waals surface area (Å²) in [5.74, 6) is -3.18. The summed E-state index contributed by atoms with van der Waals surface area (Å²) in [4.78, 5) is 0. The molecule has 0 aromatic heterocycles. The number of hydrogen-bond acceptors (Lipinski definition) is 2. The summed E-state index contributed by atoms with van der Waals surface area (Å²) in [6.45, 7) is 0. The van der Waals surface area contributed by atoms with Crippen LogP contribution < -0.4 is 0 Å². The van der Waals surface area contributed by atoms with E-state index in [9.17, 15) is 17.2 Å². The number of alkyl halides is 2. The van der Waals surface area contributed by atoms with E-state index < -0.39 is 20.8 Å². The van der Waals surface area contributed by atoms with Crippen molar-refractivity contribution < 1.29 is 17.2 Å². The SMILES string of the molecule is O=S(=O)(C(F)F)C1CCC1. The molecule has 0 aromatic rings. The van der Waals surface area contributed by atoms with E-state index in [1.807, 2.05) is 0 Å². The summed E-state index contributed by atoms with van der Waals surface area (Å²) in [7, 11) is -4.07. The van der Waals surface area contributed by atoms with Crippen molar-refractivity contribution in [2.75, 3.05) is 0 Å². The second kappa shape index (κ2) is 2.45. The first-order chi connectivity index (χ1) is 4.55. The van der Waals surface area contributed by atoms with E-state index in [4.69, 9.17) is 0 Å². The van der Waals surface area contributed by atoms with Gasteiger partial charge in [-0.05, 0) is 12.8 Å². The van der Waals surface area contributed by atoms with E-state index in [-0.39, 0.29) is 0 Å². The molecule has 1 aliphatic rings. The predicted octanol–water partition coefficient (Wildman–Crippen LogP) is 1.18. The Labute approximate surface area is 58.1 Å². The molecule has 0 unspecified atom stereocenters. The van der Waals surface area contributed by atoms with Crippen LogP contribution in [0.25, 0.3) is 0 Å². The van der Waals surface area contributed by atoms with Crippen LogP contribution in [0.5, 0.6) is 0 Å². The van der Waals surface area contributed by atoms with Crippen molar-refractivity contribution in [1.29, 1.82) is 0 Å². The van der Waals surface area contributed by atoms with E-state index in [2.05, 4.69) is 0 Å². The Morgan fingerprint density at radius 1 is 1.30 bits per heavy atom. The van der Waals surface area contributed by atoms with Gasteiger partial charge in [-0.3, -0.25) is 0 Å². The molecule has 0 bridgehead atoms. The van der Waals surface area contributed by atoms with Crippen LogP contribution in [0.1, 0.15) is 19.3 Å². The van der Waals surface area contributed by atoms with E-state index in [0.29, 0.717) is 12.8 Å². The zero-order chi connectivity index (χ0) is 7.78. The molecule has 2 nitrogen and oxygen atoms in total. The van der Waals surface area contributed by atoms with Crippen molar-refractivity contribution in [2.24, 2.45) is 0 Å². The molecule has 0 spiro atoms. The molecule has 1 rings (SSSR count). The van der Waals surface area contributed by atoms with Gasteiger partial charge in [0, 0.05) is 0 Å². The molecule has 0 atom stereocenters. The van der Waals surface area contributed by atoms with Crippen LogP contribution in [0.15, 0.2) is 0 Å². The normalized spacial score (nSPS) is 21.1. The Bertz CT molecular complexity index is 206. The number of rotatable bonds is 2. The van der Waals surface area contributed by atoms with Gasteiger partial charge in [0.15, 0.2) is 0 Å². The van der Waals surface area contributed by atoms with Crippen molar-refractivity contribution in [3.8, 4) is 0 Å². The third-order valence-electron chi connectivity index (χ3n) is 1.77. The van der Waals surface area contributed by atoms with Crippen LogP contribution in [-0.4, -0.2) is 19.4 Å². The van der Waals surface area contributed by atoms with E-state index in [1.54, 1.807) is 0 Å². The Balaban J connectivity index is 2.68. The van der Waals surface area contributed by atoms with Gasteiger partial charge in [-0.2, -0.15) is 8.78 Å². The first-order valence-electron chi connectivity index (χ1n) is 3.06. The molecule has 5 heteroatoms. The second-order valence-electron chi connectivity index (χ2n) is 2.40. The highest BCUT2D eigenvalue weighted by atomic mass is 32.2. The van der Waals surface area contributed by atoms with Crippen LogP contribution in [0.2, 0.25) is 0 Å². The fraction of sp³-hybridized carbons (Fsp3) is 1.00. The Morgan fingerprint density at radius 3 is 1.90 bits per heavy atom. The predicted molar refractivity (Wildman–Crippen MR) is 32.6 cm³/mol. The van der Waals surface area contributed by atoms with Gasteiger partial charge in [-0.15, -0.1) is 0 Å². The van der Waals surface area contributed by atoms with Gasteiger partial charge in [0.2, 0.25) is 9.84 Å². The molecule has 0 radical (unpaired) electrons. The maximum atomic E-state index is 11.7. The summed E-state index contributed by atoms with van der Waals surface area (Å²) in [5.41, 5.74) is 0. The third kappa shape index (κ3) is 1.14. The summed E-state index contributed by atoms with van der Waals surface area (Å²) >= 11 is 0. The van der Waals surface area contributed by atoms with Gasteiger partial charge in [0.05, 0.1) is 5.25 Å². The molecule has 0 aromatic carbocycles. The molecule has 0 aliphatic heterocycles. The highest BCUT2D eigenvalue weighted by molar-refractivity contribution is 7.92. The minimum absolute atomic E-state index is 0.409. The molecule has 10 heavy (non-hydrogen) atoms. The summed E-state index contributed by atoms with van der Waals surface area (Å²) in [6.07, 6.45) is 1.58. The van der Waals surface area contributed by atoms with Gasteiger partial charge in [0.1, 0.15) is 0 Å². The highest BCUT2D eigenvalue weighted by Gasteiger charge is 2.37. The Hall–Kier alpha value is -0.190. The van der Waals surface area contributed by atoms with Crippen LogP contribution in [-0.2, 0) is 9.84 Å². The first-order valence-corrected chi connectivity index (χ1v) is 4.67. The zero-order valence-electron chi connectivity index (χ0n) is 5.26. The lowest BCUT2D eigenvalue weighted by atomic mass is 10.0. The quantitative estimate of drug-likeness (QED) is 0.623. The van der Waals surface area contributed by atoms with Crippen molar-refractivity contribution >= 4 is 9.84 Å². The fourth-order valence-corrected chi connectivity index (χ4v) is 2.13. The summed E-state index contributed by atoms with van der Waals surface area (Å²) in [6, 6.07) is 0. The van der Waals surface area contributed by atoms with Crippen molar-refractivity contribution in [3.05, 3.63) is 0 Å². The second-order valence-corrected chi connectivity index (χ2v) is 4.60. The minimum atomic E-state index is -4.07. The van der Waals surface area contributed by atoms with E-state index >= 15 is 0 Å². The smallest absolute Gasteiger partial charge is 0.223 e. The third-order valence-corrected chi connectivity index (χ3v) is 3.66. The standard InChI is InChI=1S/C5H8F2O2S/c6-5(7)10(8,9)4-2-1-3-4/h4-5H,1-3H2. The monoisotopic (exact) mass is 170 g/mol. The highest BCUT2D eigenvalue weighted by Crippen LogP contribution is 2.29. The average Bonchev–Trinajstić information content (AvgIpc) is 1.57. The maximum absolute atomic E-state index is 11.7. The summed E-state index contributed by atoms with van der Waals surface area (Å²) < 4.78 is 44.5. The molecule has 0 N–H and O–H groups in total. The lowest BCUT2D eigenvalue weighted by Gasteiger charge is -2.24. The molecule has 0 heterocycles. The Kier molecular flexibility index (Phi) is 1.94. The van der Waals surface area contributed by atoms with Crippen molar-refractivity contribution in [3.63, 3.8) is 0 Å². The molecule has 1 saturated carbocycles. The van der Waals surface area contributed by atoms with Crippen molar-refractivity contribution in [1.82, 2.24) is 0 Å². The lowest BCUT2D eigenvalue weighted by molar-refractivity contribution is 0.229. The van der Waals surface area contributed by atoms with Gasteiger partial charge in [-0.25, -0.2) is 8.42 Å². The minimum Gasteiger partial charge on any atom is -0.223 e. The van der Waals surface area contributed by atoms with Crippen LogP contribution in [0.3, 0.4) is 0 Å². The van der Waals surface area contributed by atoms with Crippen molar-refractivity contribution in [2.45, 2.75) is 30.3 Å². The molecule has 1 fully saturated rings. The van der Waals surface area contributed by atoms with Crippen LogP contribution in [0.4, 0.5) is 8.78 Å². The maximum Gasteiger partial charge on any atom is 0.337 e. The molecular formula is C5H8F2O2S. The van der Waals surface area contributed by atoms with Crippen LogP contribution >= 0.6 is 0 Å². The van der Waals surface area contributed by atoms with Gasteiger partial charge in [-0.1, -0.05) is 6.42 Å². The van der Waals surface area contributed by atoms with E-state index in [1.165, 1.54) is 0 Å². The van der Waals surface area contributed by atoms with Gasteiger partial charge in [0.25, 0.3) is 0 Å². The first kappa shape index (κ1) is 7.91. The molecule has 0 saturated heterocycles. The van der Waals surface area contributed by atoms with E-state index in [0.717, 1.165) is 6.42 Å². The number of sulfone groups is 1. The zero-order valence-corrected chi connectivity index (χ0v) is 6.07. The topological polar surface area (TPSA) is 34.1 Å². The lowest BCUT2D eigenvalue weighted by Crippen LogP contribution is -2.32.